The molecule has 0 bridgehead atoms. The second-order valence-electron chi connectivity index (χ2n) is 10.5. The topological polar surface area (TPSA) is 34.2 Å². The molecule has 1 heterocycles. The average molecular weight is 533 g/mol. The van der Waals surface area contributed by atoms with Gasteiger partial charge in [0.15, 0.2) is 0 Å². The van der Waals surface area contributed by atoms with E-state index in [1.807, 2.05) is 36.4 Å². The smallest absolute Gasteiger partial charge is 0.129 e. The van der Waals surface area contributed by atoms with Gasteiger partial charge in [-0.15, -0.1) is 11.3 Å². The van der Waals surface area contributed by atoms with Crippen LogP contribution in [0.5, 0.6) is 5.75 Å². The zero-order valence-corrected chi connectivity index (χ0v) is 23.9. The van der Waals surface area contributed by atoms with Crippen molar-refractivity contribution in [3.8, 4) is 17.0 Å². The second kappa shape index (κ2) is 12.3. The molecule has 1 atom stereocenters. The molecule has 3 nitrogen and oxygen atoms in total. The maximum absolute atomic E-state index is 6.26. The van der Waals surface area contributed by atoms with Crippen LogP contribution in [0, 0.1) is 0 Å². The highest BCUT2D eigenvalue weighted by molar-refractivity contribution is 7.10. The van der Waals surface area contributed by atoms with E-state index in [0.29, 0.717) is 18.4 Å². The van der Waals surface area contributed by atoms with Crippen molar-refractivity contribution in [2.45, 2.75) is 52.2 Å². The summed E-state index contributed by atoms with van der Waals surface area (Å²) in [6.07, 6.45) is 0. The molecule has 4 heteroatoms. The summed E-state index contributed by atoms with van der Waals surface area (Å²) in [6.45, 7) is 9.56. The van der Waals surface area contributed by atoms with Crippen LogP contribution in [0.1, 0.15) is 72.8 Å². The van der Waals surface area contributed by atoms with Gasteiger partial charge in [0.05, 0.1) is 5.69 Å². The zero-order valence-electron chi connectivity index (χ0n) is 23.1. The number of nitrogens with one attached hydrogen (secondary N) is 1. The van der Waals surface area contributed by atoms with Gasteiger partial charge in [0.1, 0.15) is 23.4 Å². The SMILES string of the molecule is CC(C)c1cccc(C(C)C)c1NC(c1ccccc1)c1nc(-c2ccccc2OCc2ccccc2)cs1. The van der Waals surface area contributed by atoms with Crippen molar-refractivity contribution in [1.82, 2.24) is 4.98 Å². The standard InChI is InChI=1S/C35H36N2OS/c1-24(2)28-19-13-20-29(25(3)4)34(28)37-33(27-16-9-6-10-17-27)35-36-31(23-39-35)30-18-11-12-21-32(30)38-22-26-14-7-5-8-15-26/h5-21,23-25,33,37H,22H2,1-4H3. The van der Waals surface area contributed by atoms with Crippen molar-refractivity contribution in [1.29, 1.82) is 0 Å². The van der Waals surface area contributed by atoms with E-state index in [2.05, 4.69) is 105 Å². The van der Waals surface area contributed by atoms with Gasteiger partial charge in [-0.25, -0.2) is 4.98 Å². The lowest BCUT2D eigenvalue weighted by Gasteiger charge is -2.26. The van der Waals surface area contributed by atoms with Crippen molar-refractivity contribution in [3.63, 3.8) is 0 Å². The molecule has 5 aromatic rings. The summed E-state index contributed by atoms with van der Waals surface area (Å²) in [6, 6.07) is 35.7. The maximum atomic E-state index is 6.26. The molecule has 1 unspecified atom stereocenters. The number of nitrogens with zero attached hydrogens (tertiary/aromatic N) is 1. The molecule has 0 aliphatic carbocycles. The normalized spacial score (nSPS) is 12.1. The first-order chi connectivity index (χ1) is 19.0. The van der Waals surface area contributed by atoms with E-state index in [9.17, 15) is 0 Å². The number of hydrogen-bond donors (Lipinski definition) is 1. The highest BCUT2D eigenvalue weighted by Crippen LogP contribution is 2.39. The van der Waals surface area contributed by atoms with Crippen molar-refractivity contribution < 1.29 is 4.74 Å². The lowest BCUT2D eigenvalue weighted by atomic mass is 9.92. The fourth-order valence-electron chi connectivity index (χ4n) is 4.88. The Bertz CT molecular complexity index is 1470. The molecule has 0 aliphatic heterocycles. The van der Waals surface area contributed by atoms with Crippen LogP contribution >= 0.6 is 11.3 Å². The number of hydrogen-bond acceptors (Lipinski definition) is 4. The minimum atomic E-state index is -0.0697. The summed E-state index contributed by atoms with van der Waals surface area (Å²) in [5.41, 5.74) is 8.16. The van der Waals surface area contributed by atoms with Gasteiger partial charge >= 0.3 is 0 Å². The lowest BCUT2D eigenvalue weighted by molar-refractivity contribution is 0.307. The van der Waals surface area contributed by atoms with Gasteiger partial charge in [-0.2, -0.15) is 0 Å². The monoisotopic (exact) mass is 532 g/mol. The summed E-state index contributed by atoms with van der Waals surface area (Å²) < 4.78 is 6.26. The van der Waals surface area contributed by atoms with Crippen LogP contribution in [0.15, 0.2) is 109 Å². The van der Waals surface area contributed by atoms with Gasteiger partial charge in [-0.3, -0.25) is 0 Å². The van der Waals surface area contributed by atoms with Crippen molar-refractivity contribution in [2.75, 3.05) is 5.32 Å². The van der Waals surface area contributed by atoms with Crippen LogP contribution < -0.4 is 10.1 Å². The second-order valence-corrected chi connectivity index (χ2v) is 11.3. The van der Waals surface area contributed by atoms with Crippen molar-refractivity contribution in [2.24, 2.45) is 0 Å². The van der Waals surface area contributed by atoms with Crippen LogP contribution in [-0.2, 0) is 6.61 Å². The summed E-state index contributed by atoms with van der Waals surface area (Å²) >= 11 is 1.69. The van der Waals surface area contributed by atoms with E-state index in [4.69, 9.17) is 9.72 Å². The first kappa shape index (κ1) is 26.7. The maximum Gasteiger partial charge on any atom is 0.129 e. The summed E-state index contributed by atoms with van der Waals surface area (Å²) in [5.74, 6) is 1.65. The fourth-order valence-corrected chi connectivity index (χ4v) is 5.77. The highest BCUT2D eigenvalue weighted by Gasteiger charge is 2.23. The molecule has 0 saturated carbocycles. The Hall–Kier alpha value is -3.89. The molecule has 0 amide bonds. The van der Waals surface area contributed by atoms with Crippen LogP contribution in [0.25, 0.3) is 11.3 Å². The third kappa shape index (κ3) is 6.23. The molecular weight excluding hydrogens is 496 g/mol. The highest BCUT2D eigenvalue weighted by atomic mass is 32.1. The fraction of sp³-hybridized carbons (Fsp3) is 0.229. The van der Waals surface area contributed by atoms with E-state index in [1.165, 1.54) is 22.4 Å². The number of para-hydroxylation sites is 2. The first-order valence-corrected chi connectivity index (χ1v) is 14.5. The third-order valence-corrected chi connectivity index (χ3v) is 7.87. The molecule has 5 rings (SSSR count). The molecular formula is C35H36N2OS. The number of benzene rings is 4. The molecule has 0 spiro atoms. The molecule has 4 aromatic carbocycles. The predicted molar refractivity (Wildman–Crippen MR) is 165 cm³/mol. The molecule has 1 N–H and O–H groups in total. The van der Waals surface area contributed by atoms with Crippen LogP contribution in [0.4, 0.5) is 5.69 Å². The van der Waals surface area contributed by atoms with Crippen LogP contribution in [0.2, 0.25) is 0 Å². The van der Waals surface area contributed by atoms with Gasteiger partial charge in [0, 0.05) is 16.6 Å². The van der Waals surface area contributed by atoms with Gasteiger partial charge in [0.2, 0.25) is 0 Å². The van der Waals surface area contributed by atoms with Gasteiger partial charge < -0.3 is 10.1 Å². The Morgan fingerprint density at radius 2 is 1.33 bits per heavy atom. The number of aromatic nitrogens is 1. The molecule has 39 heavy (non-hydrogen) atoms. The van der Waals surface area contributed by atoms with E-state index < -0.39 is 0 Å². The molecule has 1 aromatic heterocycles. The van der Waals surface area contributed by atoms with E-state index in [1.54, 1.807) is 11.3 Å². The van der Waals surface area contributed by atoms with Crippen molar-refractivity contribution in [3.05, 3.63) is 136 Å². The average Bonchev–Trinajstić information content (AvgIpc) is 3.45. The molecule has 198 valence electrons. The Balaban J connectivity index is 1.51. The van der Waals surface area contributed by atoms with Crippen molar-refractivity contribution >= 4 is 17.0 Å². The largest absolute Gasteiger partial charge is 0.488 e. The zero-order chi connectivity index (χ0) is 27.2. The number of ether oxygens (including phenoxy) is 1. The van der Waals surface area contributed by atoms with E-state index in [0.717, 1.165) is 27.6 Å². The van der Waals surface area contributed by atoms with Crippen LogP contribution in [0.3, 0.4) is 0 Å². The Morgan fingerprint density at radius 3 is 2.00 bits per heavy atom. The Labute approximate surface area is 236 Å². The minimum absolute atomic E-state index is 0.0697. The predicted octanol–water partition coefficient (Wildman–Crippen LogP) is 9.84. The summed E-state index contributed by atoms with van der Waals surface area (Å²) in [4.78, 5) is 5.19. The quantitative estimate of drug-likeness (QED) is 0.194. The lowest BCUT2D eigenvalue weighted by Crippen LogP contribution is -2.16. The third-order valence-electron chi connectivity index (χ3n) is 6.96. The molecule has 0 radical (unpaired) electrons. The Morgan fingerprint density at radius 1 is 0.718 bits per heavy atom. The van der Waals surface area contributed by atoms with E-state index >= 15 is 0 Å². The number of thiazole rings is 1. The number of anilines is 1. The molecule has 0 fully saturated rings. The van der Waals surface area contributed by atoms with Crippen LogP contribution in [-0.4, -0.2) is 4.98 Å². The number of rotatable bonds is 10. The first-order valence-electron chi connectivity index (χ1n) is 13.7. The van der Waals surface area contributed by atoms with Gasteiger partial charge in [0.25, 0.3) is 0 Å². The molecule has 0 aliphatic rings. The molecule has 0 saturated heterocycles. The summed E-state index contributed by atoms with van der Waals surface area (Å²) in [5, 5.41) is 7.13. The summed E-state index contributed by atoms with van der Waals surface area (Å²) in [7, 11) is 0. The Kier molecular flexibility index (Phi) is 8.43. The van der Waals surface area contributed by atoms with Gasteiger partial charge in [-0.1, -0.05) is 119 Å². The van der Waals surface area contributed by atoms with Gasteiger partial charge in [-0.05, 0) is 46.2 Å². The van der Waals surface area contributed by atoms with E-state index in [-0.39, 0.29) is 6.04 Å². The minimum Gasteiger partial charge on any atom is -0.488 e.